The van der Waals surface area contributed by atoms with Crippen molar-refractivity contribution >= 4 is 24.1 Å². The molecule has 0 fully saturated rings. The topological polar surface area (TPSA) is 74.6 Å². The predicted octanol–water partition coefficient (Wildman–Crippen LogP) is 4.25. The summed E-state index contributed by atoms with van der Waals surface area (Å²) in [4.78, 5) is 21.7. The number of carboxylic acid groups (broad SMARTS) is 2. The maximum absolute atomic E-state index is 10.8. The molecular weight excluding hydrogens is 316 g/mol. The molecule has 0 bridgehead atoms. The number of carboxylic acids is 2. The van der Waals surface area contributed by atoms with E-state index >= 15 is 0 Å². The van der Waals surface area contributed by atoms with Crippen molar-refractivity contribution < 1.29 is 19.8 Å². The van der Waals surface area contributed by atoms with E-state index in [4.69, 9.17) is 10.2 Å². The molecule has 0 saturated carbocycles. The summed E-state index contributed by atoms with van der Waals surface area (Å²) in [5.74, 6) is -1.84. The van der Waals surface area contributed by atoms with E-state index in [1.54, 1.807) is 26.0 Å². The average Bonchev–Trinajstić information content (AvgIpc) is 2.58. The lowest BCUT2D eigenvalue weighted by molar-refractivity contribution is -0.133. The quantitative estimate of drug-likeness (QED) is 0.773. The van der Waals surface area contributed by atoms with E-state index < -0.39 is 11.9 Å². The van der Waals surface area contributed by atoms with Crippen LogP contribution in [-0.4, -0.2) is 22.2 Å². The van der Waals surface area contributed by atoms with Gasteiger partial charge in [-0.05, 0) is 54.7 Å². The number of carbonyl (C=O) groups is 2. The molecule has 0 aliphatic heterocycles. The lowest BCUT2D eigenvalue weighted by atomic mass is 10.0. The maximum atomic E-state index is 10.8. The second kappa shape index (κ2) is 8.11. The van der Waals surface area contributed by atoms with Gasteiger partial charge in [-0.25, -0.2) is 9.59 Å². The summed E-state index contributed by atoms with van der Waals surface area (Å²) in [7, 11) is 0. The van der Waals surface area contributed by atoms with E-state index in [1.807, 2.05) is 48.5 Å². The zero-order valence-electron chi connectivity index (χ0n) is 14.2. The van der Waals surface area contributed by atoms with Gasteiger partial charge in [-0.15, -0.1) is 0 Å². The third-order valence-electron chi connectivity index (χ3n) is 3.81. The van der Waals surface area contributed by atoms with Crippen LogP contribution in [0.5, 0.6) is 0 Å². The van der Waals surface area contributed by atoms with Gasteiger partial charge in [-0.2, -0.15) is 0 Å². The summed E-state index contributed by atoms with van der Waals surface area (Å²) in [5.41, 5.74) is 4.55. The Morgan fingerprint density at radius 3 is 1.32 bits per heavy atom. The lowest BCUT2D eigenvalue weighted by Crippen LogP contribution is -1.96. The molecule has 0 atom stereocenters. The Morgan fingerprint density at radius 1 is 0.720 bits per heavy atom. The number of rotatable bonds is 6. The Morgan fingerprint density at radius 2 is 1.04 bits per heavy atom. The first kappa shape index (κ1) is 18.2. The molecule has 4 heteroatoms. The van der Waals surface area contributed by atoms with Crippen molar-refractivity contribution in [3.8, 4) is 0 Å². The molecule has 0 radical (unpaired) electrons. The molecule has 4 nitrogen and oxygen atoms in total. The van der Waals surface area contributed by atoms with E-state index in [9.17, 15) is 9.59 Å². The summed E-state index contributed by atoms with van der Waals surface area (Å²) in [5, 5.41) is 17.8. The van der Waals surface area contributed by atoms with Gasteiger partial charge < -0.3 is 10.2 Å². The van der Waals surface area contributed by atoms with Crippen molar-refractivity contribution in [2.45, 2.75) is 20.3 Å². The fourth-order valence-electron chi connectivity index (χ4n) is 2.32. The summed E-state index contributed by atoms with van der Waals surface area (Å²) < 4.78 is 0. The smallest absolute Gasteiger partial charge is 0.331 e. The molecule has 2 N–H and O–H groups in total. The highest BCUT2D eigenvalue weighted by Gasteiger charge is 2.02. The van der Waals surface area contributed by atoms with Crippen LogP contribution >= 0.6 is 0 Å². The molecular formula is C21H20O4. The Balaban J connectivity index is 2.07. The van der Waals surface area contributed by atoms with Gasteiger partial charge in [0.25, 0.3) is 0 Å². The van der Waals surface area contributed by atoms with E-state index in [0.717, 1.165) is 28.7 Å². The lowest BCUT2D eigenvalue weighted by Gasteiger charge is -2.04. The number of aliphatic carboxylic acids is 2. The van der Waals surface area contributed by atoms with Crippen molar-refractivity contribution in [2.75, 3.05) is 0 Å². The summed E-state index contributed by atoms with van der Waals surface area (Å²) in [6.07, 6.45) is 4.03. The molecule has 0 aliphatic carbocycles. The number of benzene rings is 2. The molecule has 0 spiro atoms. The van der Waals surface area contributed by atoms with Crippen LogP contribution in [0.2, 0.25) is 0 Å². The number of hydrogen-bond donors (Lipinski definition) is 2. The second-order valence-corrected chi connectivity index (χ2v) is 5.92. The van der Waals surface area contributed by atoms with Gasteiger partial charge in [0.2, 0.25) is 0 Å². The van der Waals surface area contributed by atoms with Crippen molar-refractivity contribution in [3.63, 3.8) is 0 Å². The SMILES string of the molecule is CC(=Cc1ccc(Cc2ccc(C=C(C)C(=O)O)cc2)cc1)C(=O)O. The van der Waals surface area contributed by atoms with Crippen LogP contribution in [0.15, 0.2) is 59.7 Å². The second-order valence-electron chi connectivity index (χ2n) is 5.92. The summed E-state index contributed by atoms with van der Waals surface area (Å²) >= 11 is 0. The fraction of sp³-hybridized carbons (Fsp3) is 0.143. The minimum atomic E-state index is -0.920. The fourth-order valence-corrected chi connectivity index (χ4v) is 2.32. The molecule has 0 aliphatic rings. The van der Waals surface area contributed by atoms with Gasteiger partial charge in [0, 0.05) is 11.1 Å². The van der Waals surface area contributed by atoms with Gasteiger partial charge in [0.1, 0.15) is 0 Å². The largest absolute Gasteiger partial charge is 0.478 e. The monoisotopic (exact) mass is 336 g/mol. The zero-order valence-corrected chi connectivity index (χ0v) is 14.2. The van der Waals surface area contributed by atoms with Crippen molar-refractivity contribution in [2.24, 2.45) is 0 Å². The van der Waals surface area contributed by atoms with Gasteiger partial charge in [0.15, 0.2) is 0 Å². The van der Waals surface area contributed by atoms with Crippen LogP contribution in [0.3, 0.4) is 0 Å². The van der Waals surface area contributed by atoms with Gasteiger partial charge in [-0.1, -0.05) is 48.5 Å². The van der Waals surface area contributed by atoms with Crippen LogP contribution in [-0.2, 0) is 16.0 Å². The Bertz CT molecular complexity index is 754. The van der Waals surface area contributed by atoms with Gasteiger partial charge >= 0.3 is 11.9 Å². The van der Waals surface area contributed by atoms with E-state index in [1.165, 1.54) is 0 Å². The van der Waals surface area contributed by atoms with Crippen LogP contribution in [0.1, 0.15) is 36.1 Å². The molecule has 128 valence electrons. The third kappa shape index (κ3) is 5.46. The van der Waals surface area contributed by atoms with Crippen LogP contribution in [0, 0.1) is 0 Å². The Kier molecular flexibility index (Phi) is 5.90. The Labute approximate surface area is 146 Å². The van der Waals surface area contributed by atoms with Crippen LogP contribution in [0.4, 0.5) is 0 Å². The normalized spacial score (nSPS) is 12.1. The van der Waals surface area contributed by atoms with Gasteiger partial charge in [0.05, 0.1) is 0 Å². The van der Waals surface area contributed by atoms with Crippen molar-refractivity contribution in [3.05, 3.63) is 81.9 Å². The van der Waals surface area contributed by atoms with E-state index in [0.29, 0.717) is 11.1 Å². The molecule has 0 aromatic heterocycles. The zero-order chi connectivity index (χ0) is 18.4. The summed E-state index contributed by atoms with van der Waals surface area (Å²) in [6.45, 7) is 3.14. The molecule has 0 saturated heterocycles. The average molecular weight is 336 g/mol. The minimum Gasteiger partial charge on any atom is -0.478 e. The molecule has 0 unspecified atom stereocenters. The highest BCUT2D eigenvalue weighted by molar-refractivity contribution is 5.91. The molecule has 2 rings (SSSR count). The first-order valence-corrected chi connectivity index (χ1v) is 7.86. The first-order valence-electron chi connectivity index (χ1n) is 7.86. The minimum absolute atomic E-state index is 0.299. The highest BCUT2D eigenvalue weighted by Crippen LogP contribution is 2.15. The van der Waals surface area contributed by atoms with E-state index in [2.05, 4.69) is 0 Å². The highest BCUT2D eigenvalue weighted by atomic mass is 16.4. The van der Waals surface area contributed by atoms with Crippen molar-refractivity contribution in [1.29, 1.82) is 0 Å². The molecule has 25 heavy (non-hydrogen) atoms. The van der Waals surface area contributed by atoms with Gasteiger partial charge in [-0.3, -0.25) is 0 Å². The third-order valence-corrected chi connectivity index (χ3v) is 3.81. The maximum Gasteiger partial charge on any atom is 0.331 e. The molecule has 0 amide bonds. The molecule has 2 aromatic rings. The number of hydrogen-bond acceptors (Lipinski definition) is 2. The van der Waals surface area contributed by atoms with Crippen molar-refractivity contribution in [1.82, 2.24) is 0 Å². The Hall–Kier alpha value is -3.14. The predicted molar refractivity (Wildman–Crippen MR) is 98.3 cm³/mol. The molecule has 2 aromatic carbocycles. The van der Waals surface area contributed by atoms with Crippen LogP contribution < -0.4 is 0 Å². The van der Waals surface area contributed by atoms with Crippen LogP contribution in [0.25, 0.3) is 12.2 Å². The molecule has 0 heterocycles. The summed E-state index contributed by atoms with van der Waals surface area (Å²) in [6, 6.07) is 15.5. The standard InChI is InChI=1S/C21H20O4/c1-14(20(22)23)11-16-3-7-18(8-4-16)13-19-9-5-17(6-10-19)12-15(2)21(24)25/h3-12H,13H2,1-2H3,(H,22,23)(H,24,25). The van der Waals surface area contributed by atoms with E-state index in [-0.39, 0.29) is 0 Å². The first-order chi connectivity index (χ1) is 11.8.